The number of benzene rings is 1. The van der Waals surface area contributed by atoms with Gasteiger partial charge >= 0.3 is 5.97 Å². The van der Waals surface area contributed by atoms with Crippen LogP contribution in [0.1, 0.15) is 22.6 Å². The number of nitrogens with zero attached hydrogens (tertiary/aromatic N) is 2. The molecule has 3 aromatic rings. The maximum atomic E-state index is 13.1. The molecule has 0 aliphatic heterocycles. The molecule has 0 saturated heterocycles. The van der Waals surface area contributed by atoms with Crippen molar-refractivity contribution in [3.8, 4) is 17.0 Å². The third kappa shape index (κ3) is 3.91. The normalized spacial score (nSPS) is 14.2. The van der Waals surface area contributed by atoms with Gasteiger partial charge in [0, 0.05) is 17.8 Å². The monoisotopic (exact) mass is 423 g/mol. The fourth-order valence-electron chi connectivity index (χ4n) is 3.96. The Morgan fingerprint density at radius 2 is 1.97 bits per heavy atom. The van der Waals surface area contributed by atoms with E-state index in [1.165, 1.54) is 11.3 Å². The second-order valence-corrected chi connectivity index (χ2v) is 8.30. The van der Waals surface area contributed by atoms with Crippen molar-refractivity contribution in [3.05, 3.63) is 64.2 Å². The number of aromatic nitrogens is 2. The average molecular weight is 423 g/mol. The summed E-state index contributed by atoms with van der Waals surface area (Å²) in [5.41, 5.74) is 2.61. The summed E-state index contributed by atoms with van der Waals surface area (Å²) in [6.45, 7) is 0.240. The van der Waals surface area contributed by atoms with Crippen LogP contribution in [-0.4, -0.2) is 34.1 Å². The molecule has 30 heavy (non-hydrogen) atoms. The second kappa shape index (κ2) is 8.23. The van der Waals surface area contributed by atoms with E-state index in [1.54, 1.807) is 25.6 Å². The van der Waals surface area contributed by atoms with Crippen molar-refractivity contribution in [2.45, 2.75) is 25.8 Å². The van der Waals surface area contributed by atoms with Crippen molar-refractivity contribution in [3.63, 3.8) is 0 Å². The highest BCUT2D eigenvalue weighted by Crippen LogP contribution is 2.40. The molecule has 1 aliphatic rings. The number of carbonyl (C=O) groups excluding carboxylic acids is 1. The van der Waals surface area contributed by atoms with Crippen molar-refractivity contribution in [1.82, 2.24) is 15.3 Å². The van der Waals surface area contributed by atoms with E-state index in [1.807, 2.05) is 29.6 Å². The van der Waals surface area contributed by atoms with Gasteiger partial charge in [-0.05, 0) is 30.0 Å². The van der Waals surface area contributed by atoms with Crippen molar-refractivity contribution in [1.29, 1.82) is 0 Å². The first-order valence-corrected chi connectivity index (χ1v) is 10.4. The largest absolute Gasteiger partial charge is 0.496 e. The van der Waals surface area contributed by atoms with Crippen LogP contribution in [0.4, 0.5) is 0 Å². The molecule has 2 aromatic heterocycles. The molecule has 0 radical (unpaired) electrons. The molecule has 0 atom stereocenters. The van der Waals surface area contributed by atoms with E-state index in [2.05, 4.69) is 15.3 Å². The number of carboxylic acid groups (broad SMARTS) is 1. The smallest absolute Gasteiger partial charge is 0.304 e. The fraction of sp³-hybridized carbons (Fsp3) is 0.273. The van der Waals surface area contributed by atoms with Crippen molar-refractivity contribution >= 4 is 23.2 Å². The van der Waals surface area contributed by atoms with Crippen LogP contribution in [0.5, 0.6) is 5.75 Å². The number of hydrogen-bond acceptors (Lipinski definition) is 6. The van der Waals surface area contributed by atoms with E-state index in [-0.39, 0.29) is 18.9 Å². The van der Waals surface area contributed by atoms with Gasteiger partial charge in [0.05, 0.1) is 36.7 Å². The van der Waals surface area contributed by atoms with Gasteiger partial charge in [0.25, 0.3) is 0 Å². The van der Waals surface area contributed by atoms with Gasteiger partial charge in [-0.2, -0.15) is 0 Å². The van der Waals surface area contributed by atoms with Crippen LogP contribution in [0.15, 0.2) is 48.1 Å². The number of fused-ring (bicyclic) bond motifs is 1. The van der Waals surface area contributed by atoms with Gasteiger partial charge in [-0.25, -0.2) is 4.98 Å². The van der Waals surface area contributed by atoms with Gasteiger partial charge in [0.2, 0.25) is 5.91 Å². The molecule has 1 aromatic carbocycles. The zero-order chi connectivity index (χ0) is 21.1. The molecule has 0 spiro atoms. The van der Waals surface area contributed by atoms with Crippen LogP contribution >= 0.6 is 11.3 Å². The topological polar surface area (TPSA) is 101 Å². The summed E-state index contributed by atoms with van der Waals surface area (Å²) in [5.74, 6) is -0.551. The number of methoxy groups -OCH3 is 1. The molecule has 0 fully saturated rings. The summed E-state index contributed by atoms with van der Waals surface area (Å²) in [4.78, 5) is 33.3. The Bertz CT molecular complexity index is 1070. The van der Waals surface area contributed by atoms with E-state index in [0.29, 0.717) is 18.6 Å². The summed E-state index contributed by atoms with van der Waals surface area (Å²) in [7, 11) is 1.59. The summed E-state index contributed by atoms with van der Waals surface area (Å²) < 4.78 is 5.35. The highest BCUT2D eigenvalue weighted by molar-refractivity contribution is 7.09. The van der Waals surface area contributed by atoms with Crippen molar-refractivity contribution < 1.29 is 19.4 Å². The molecule has 2 N–H and O–H groups in total. The summed E-state index contributed by atoms with van der Waals surface area (Å²) in [6, 6.07) is 9.51. The van der Waals surface area contributed by atoms with Gasteiger partial charge in [0.1, 0.15) is 10.8 Å². The first kappa shape index (κ1) is 20.0. The highest BCUT2D eigenvalue weighted by atomic mass is 32.1. The Morgan fingerprint density at radius 1 is 1.23 bits per heavy atom. The number of carbonyl (C=O) groups is 2. The predicted octanol–water partition coefficient (Wildman–Crippen LogP) is 3.09. The van der Waals surface area contributed by atoms with Crippen LogP contribution in [0.3, 0.4) is 0 Å². The predicted molar refractivity (Wildman–Crippen MR) is 112 cm³/mol. The first-order chi connectivity index (χ1) is 14.5. The number of carboxylic acids is 1. The van der Waals surface area contributed by atoms with Crippen molar-refractivity contribution in [2.24, 2.45) is 5.41 Å². The molecule has 7 nitrogen and oxygen atoms in total. The number of ether oxygens (including phenoxy) is 1. The fourth-order valence-corrected chi connectivity index (χ4v) is 4.69. The molecular weight excluding hydrogens is 402 g/mol. The van der Waals surface area contributed by atoms with Crippen LogP contribution < -0.4 is 10.1 Å². The number of thiazole rings is 1. The standard InChI is InChI=1S/C22H21N3O4S/c1-29-18-6-7-23-11-16(18)17-13-30-19(25-17)12-24-21(28)22(10-20(26)27)8-14-4-2-3-5-15(14)9-22/h2-7,11,13H,8-10,12H2,1H3,(H,24,28)(H,26,27). The second-order valence-electron chi connectivity index (χ2n) is 7.36. The van der Waals surface area contributed by atoms with Gasteiger partial charge < -0.3 is 15.2 Å². The minimum Gasteiger partial charge on any atom is -0.496 e. The maximum Gasteiger partial charge on any atom is 0.304 e. The Kier molecular flexibility index (Phi) is 5.50. The quantitative estimate of drug-likeness (QED) is 0.606. The molecule has 0 saturated carbocycles. The molecule has 2 heterocycles. The van der Waals surface area contributed by atoms with Gasteiger partial charge in [0.15, 0.2) is 0 Å². The van der Waals surface area contributed by atoms with E-state index in [0.717, 1.165) is 27.4 Å². The number of hydrogen-bond donors (Lipinski definition) is 2. The van der Waals surface area contributed by atoms with E-state index in [4.69, 9.17) is 4.74 Å². The van der Waals surface area contributed by atoms with Crippen molar-refractivity contribution in [2.75, 3.05) is 7.11 Å². The number of pyridine rings is 1. The Morgan fingerprint density at radius 3 is 2.63 bits per heavy atom. The number of nitrogens with one attached hydrogen (secondary N) is 1. The van der Waals surface area contributed by atoms with Gasteiger partial charge in [-0.1, -0.05) is 24.3 Å². The molecule has 1 aliphatic carbocycles. The number of rotatable bonds is 7. The average Bonchev–Trinajstić information content (AvgIpc) is 3.36. The van der Waals surface area contributed by atoms with E-state index < -0.39 is 11.4 Å². The van der Waals surface area contributed by atoms with E-state index in [9.17, 15) is 14.7 Å². The third-order valence-corrected chi connectivity index (χ3v) is 6.23. The molecular formula is C22H21N3O4S. The van der Waals surface area contributed by atoms with Crippen LogP contribution in [0.2, 0.25) is 0 Å². The van der Waals surface area contributed by atoms with Crippen LogP contribution in [0, 0.1) is 5.41 Å². The number of aliphatic carboxylic acids is 1. The Labute approximate surface area is 177 Å². The SMILES string of the molecule is COc1ccncc1-c1csc(CNC(=O)C2(CC(=O)O)Cc3ccccc3C2)n1. The highest BCUT2D eigenvalue weighted by Gasteiger charge is 2.45. The lowest BCUT2D eigenvalue weighted by Crippen LogP contribution is -2.43. The summed E-state index contributed by atoms with van der Waals surface area (Å²) >= 11 is 1.42. The minimum atomic E-state index is -0.974. The molecule has 1 amide bonds. The van der Waals surface area contributed by atoms with Crippen LogP contribution in [0.25, 0.3) is 11.3 Å². The molecule has 4 rings (SSSR count). The zero-order valence-electron chi connectivity index (χ0n) is 16.4. The lowest BCUT2D eigenvalue weighted by Gasteiger charge is -2.25. The maximum absolute atomic E-state index is 13.1. The first-order valence-electron chi connectivity index (χ1n) is 9.50. The summed E-state index contributed by atoms with van der Waals surface area (Å²) in [6.07, 6.45) is 3.99. The third-order valence-electron chi connectivity index (χ3n) is 5.38. The molecule has 154 valence electrons. The minimum absolute atomic E-state index is 0.205. The van der Waals surface area contributed by atoms with Gasteiger partial charge in [-0.15, -0.1) is 11.3 Å². The molecule has 8 heteroatoms. The zero-order valence-corrected chi connectivity index (χ0v) is 17.2. The van der Waals surface area contributed by atoms with Crippen LogP contribution in [-0.2, 0) is 29.0 Å². The van der Waals surface area contributed by atoms with Gasteiger partial charge in [-0.3, -0.25) is 14.6 Å². The van der Waals surface area contributed by atoms with E-state index >= 15 is 0 Å². The Balaban J connectivity index is 1.49. The molecule has 0 bridgehead atoms. The Hall–Kier alpha value is -3.26. The molecule has 0 unspecified atom stereocenters. The lowest BCUT2D eigenvalue weighted by molar-refractivity contribution is -0.145. The number of amides is 1. The lowest BCUT2D eigenvalue weighted by atomic mass is 9.80. The summed E-state index contributed by atoms with van der Waals surface area (Å²) in [5, 5.41) is 15.0.